The van der Waals surface area contributed by atoms with E-state index in [9.17, 15) is 10.1 Å². The van der Waals surface area contributed by atoms with Crippen LogP contribution in [0.1, 0.15) is 5.56 Å². The number of aryl methyl sites for hydroxylation is 1. The lowest BCUT2D eigenvalue weighted by Gasteiger charge is -2.14. The second kappa shape index (κ2) is 7.55. The molecule has 0 amide bonds. The van der Waals surface area contributed by atoms with Gasteiger partial charge in [0.15, 0.2) is 5.17 Å². The molecular weight excluding hydrogens is 328 g/mol. The van der Waals surface area contributed by atoms with Crippen molar-refractivity contribution in [3.63, 3.8) is 0 Å². The molecule has 0 radical (unpaired) electrons. The van der Waals surface area contributed by atoms with Crippen molar-refractivity contribution in [2.24, 2.45) is 20.7 Å². The molecule has 8 nitrogen and oxygen atoms in total. The third kappa shape index (κ3) is 3.87. The SMILES string of the molecule is C=C/N=C1/C=NC(SC)=N/C1=C(/N)Nc1cc([N+](=O)[O-])ccc1C. The van der Waals surface area contributed by atoms with Crippen molar-refractivity contribution in [2.45, 2.75) is 6.92 Å². The van der Waals surface area contributed by atoms with Gasteiger partial charge in [0.25, 0.3) is 5.69 Å². The van der Waals surface area contributed by atoms with Crippen LogP contribution in [0.5, 0.6) is 0 Å². The van der Waals surface area contributed by atoms with Crippen molar-refractivity contribution in [3.05, 3.63) is 58.2 Å². The number of nitrogens with two attached hydrogens (primary N) is 1. The summed E-state index contributed by atoms with van der Waals surface area (Å²) in [6.07, 6.45) is 4.76. The Hall–Kier alpha value is -2.94. The molecule has 0 saturated heterocycles. The molecule has 1 heterocycles. The molecule has 1 aliphatic rings. The van der Waals surface area contributed by atoms with Crippen LogP contribution in [0.4, 0.5) is 11.4 Å². The number of nitrogens with one attached hydrogen (secondary N) is 1. The summed E-state index contributed by atoms with van der Waals surface area (Å²) in [5.41, 5.74) is 8.28. The maximum atomic E-state index is 10.9. The first-order valence-electron chi connectivity index (χ1n) is 6.84. The summed E-state index contributed by atoms with van der Waals surface area (Å²) in [5, 5.41) is 14.4. The summed E-state index contributed by atoms with van der Waals surface area (Å²) < 4.78 is 0. The first-order valence-corrected chi connectivity index (χ1v) is 8.06. The number of amidine groups is 1. The predicted octanol–water partition coefficient (Wildman–Crippen LogP) is 2.83. The van der Waals surface area contributed by atoms with Crippen molar-refractivity contribution in [1.82, 2.24) is 0 Å². The molecule has 0 unspecified atom stereocenters. The number of anilines is 1. The molecule has 24 heavy (non-hydrogen) atoms. The number of non-ortho nitro benzene ring substituents is 1. The van der Waals surface area contributed by atoms with Gasteiger partial charge in [-0.1, -0.05) is 24.4 Å². The van der Waals surface area contributed by atoms with E-state index in [1.165, 1.54) is 30.1 Å². The number of benzene rings is 1. The zero-order valence-electron chi connectivity index (χ0n) is 13.2. The quantitative estimate of drug-likeness (QED) is 0.643. The smallest absolute Gasteiger partial charge is 0.271 e. The highest BCUT2D eigenvalue weighted by Crippen LogP contribution is 2.24. The minimum Gasteiger partial charge on any atom is -0.383 e. The summed E-state index contributed by atoms with van der Waals surface area (Å²) in [7, 11) is 0. The summed E-state index contributed by atoms with van der Waals surface area (Å²) in [4.78, 5) is 23.1. The van der Waals surface area contributed by atoms with Gasteiger partial charge in [0.05, 0.1) is 11.1 Å². The van der Waals surface area contributed by atoms with Gasteiger partial charge in [-0.2, -0.15) is 0 Å². The van der Waals surface area contributed by atoms with Gasteiger partial charge in [-0.3, -0.25) is 15.1 Å². The van der Waals surface area contributed by atoms with Crippen molar-refractivity contribution >= 4 is 40.2 Å². The average molecular weight is 344 g/mol. The largest absolute Gasteiger partial charge is 0.383 e. The number of aliphatic imine (C=N–C) groups is 3. The molecule has 2 rings (SSSR count). The number of nitrogens with zero attached hydrogens (tertiary/aromatic N) is 4. The number of rotatable bonds is 4. The number of thioether (sulfide) groups is 1. The van der Waals surface area contributed by atoms with Gasteiger partial charge < -0.3 is 11.1 Å². The number of nitro groups is 1. The minimum absolute atomic E-state index is 0.0283. The van der Waals surface area contributed by atoms with Crippen molar-refractivity contribution in [3.8, 4) is 0 Å². The van der Waals surface area contributed by atoms with Crippen LogP contribution in [0.3, 0.4) is 0 Å². The molecule has 0 spiro atoms. The van der Waals surface area contributed by atoms with E-state index in [1.54, 1.807) is 12.3 Å². The van der Waals surface area contributed by atoms with Crippen molar-refractivity contribution in [1.29, 1.82) is 0 Å². The molecule has 124 valence electrons. The fraction of sp³-hybridized carbons (Fsp3) is 0.133. The van der Waals surface area contributed by atoms with E-state index in [1.807, 2.05) is 13.2 Å². The lowest BCUT2D eigenvalue weighted by molar-refractivity contribution is -0.384. The van der Waals surface area contributed by atoms with Gasteiger partial charge in [0, 0.05) is 24.0 Å². The second-order valence-corrected chi connectivity index (χ2v) is 5.47. The molecule has 0 aliphatic carbocycles. The Kier molecular flexibility index (Phi) is 5.48. The van der Waals surface area contributed by atoms with Crippen LogP contribution >= 0.6 is 11.8 Å². The first kappa shape index (κ1) is 17.4. The van der Waals surface area contributed by atoms with Crippen LogP contribution in [0.25, 0.3) is 0 Å². The maximum Gasteiger partial charge on any atom is 0.271 e. The summed E-state index contributed by atoms with van der Waals surface area (Å²) in [5.74, 6) is 0.219. The van der Waals surface area contributed by atoms with Crippen molar-refractivity contribution < 1.29 is 4.92 Å². The highest BCUT2D eigenvalue weighted by atomic mass is 32.2. The van der Waals surface area contributed by atoms with Gasteiger partial charge in [-0.05, 0) is 18.7 Å². The van der Waals surface area contributed by atoms with E-state index in [2.05, 4.69) is 26.9 Å². The Morgan fingerprint density at radius 3 is 2.92 bits per heavy atom. The summed E-state index contributed by atoms with van der Waals surface area (Å²) >= 11 is 1.37. The second-order valence-electron chi connectivity index (χ2n) is 4.70. The van der Waals surface area contributed by atoms with E-state index in [-0.39, 0.29) is 11.5 Å². The molecule has 0 atom stereocenters. The zero-order chi connectivity index (χ0) is 17.7. The van der Waals surface area contributed by atoms with Gasteiger partial charge in [-0.15, -0.1) is 0 Å². The topological polar surface area (TPSA) is 118 Å². The standard InChI is InChI=1S/C15H16N6O2S/c1-4-17-12-8-18-15(24-3)20-13(12)14(16)19-11-7-10(21(22)23)6-5-9(11)2/h4-8,19H,1,16H2,2-3H3/b14-13-,17-12-. The van der Waals surface area contributed by atoms with Gasteiger partial charge >= 0.3 is 0 Å². The molecule has 0 bridgehead atoms. The minimum atomic E-state index is -0.462. The lowest BCUT2D eigenvalue weighted by Crippen LogP contribution is -2.21. The molecule has 0 saturated carbocycles. The fourth-order valence-electron chi connectivity index (χ4n) is 1.91. The van der Waals surface area contributed by atoms with E-state index in [0.717, 1.165) is 5.56 Å². The molecule has 0 aromatic heterocycles. The van der Waals surface area contributed by atoms with E-state index < -0.39 is 4.92 Å². The summed E-state index contributed by atoms with van der Waals surface area (Å²) in [6.45, 7) is 5.38. The lowest BCUT2D eigenvalue weighted by atomic mass is 10.1. The summed E-state index contributed by atoms with van der Waals surface area (Å²) in [6, 6.07) is 4.50. The van der Waals surface area contributed by atoms with E-state index in [0.29, 0.717) is 22.3 Å². The third-order valence-corrected chi connectivity index (χ3v) is 3.68. The molecule has 9 heteroatoms. The molecular formula is C15H16N6O2S. The fourth-order valence-corrected chi connectivity index (χ4v) is 2.25. The highest BCUT2D eigenvalue weighted by molar-refractivity contribution is 8.13. The Balaban J connectivity index is 2.45. The maximum absolute atomic E-state index is 10.9. The Labute approximate surface area is 143 Å². The number of nitro benzene ring substituents is 1. The molecule has 1 aromatic rings. The van der Waals surface area contributed by atoms with Gasteiger partial charge in [0.1, 0.15) is 17.2 Å². The third-order valence-electron chi connectivity index (χ3n) is 3.12. The van der Waals surface area contributed by atoms with Gasteiger partial charge in [0.2, 0.25) is 0 Å². The molecule has 3 N–H and O–H groups in total. The Morgan fingerprint density at radius 1 is 1.54 bits per heavy atom. The zero-order valence-corrected chi connectivity index (χ0v) is 14.0. The van der Waals surface area contributed by atoms with Crippen LogP contribution in [0.15, 0.2) is 57.5 Å². The number of allylic oxidation sites excluding steroid dienone is 1. The van der Waals surface area contributed by atoms with Crippen LogP contribution in [0, 0.1) is 17.0 Å². The predicted molar refractivity (Wildman–Crippen MR) is 99.7 cm³/mol. The molecule has 0 fully saturated rings. The monoisotopic (exact) mass is 344 g/mol. The number of hydrogen-bond acceptors (Lipinski definition) is 8. The Morgan fingerprint density at radius 2 is 2.29 bits per heavy atom. The van der Waals surface area contributed by atoms with E-state index in [4.69, 9.17) is 5.73 Å². The number of hydrogen-bond donors (Lipinski definition) is 2. The van der Waals surface area contributed by atoms with E-state index >= 15 is 0 Å². The Bertz CT molecular complexity index is 810. The van der Waals surface area contributed by atoms with Crippen LogP contribution in [0.2, 0.25) is 0 Å². The molecule has 1 aromatic carbocycles. The van der Waals surface area contributed by atoms with Crippen LogP contribution < -0.4 is 11.1 Å². The van der Waals surface area contributed by atoms with Crippen LogP contribution in [-0.4, -0.2) is 28.3 Å². The first-order chi connectivity index (χ1) is 11.5. The molecule has 1 aliphatic heterocycles. The van der Waals surface area contributed by atoms with Gasteiger partial charge in [-0.25, -0.2) is 9.98 Å². The highest BCUT2D eigenvalue weighted by Gasteiger charge is 2.16. The normalized spacial score (nSPS) is 17.4. The van der Waals surface area contributed by atoms with Crippen LogP contribution in [-0.2, 0) is 0 Å². The van der Waals surface area contributed by atoms with Crippen molar-refractivity contribution in [2.75, 3.05) is 11.6 Å². The average Bonchev–Trinajstić information content (AvgIpc) is 2.57.